The molecule has 6 nitrogen and oxygen atoms in total. The van der Waals surface area contributed by atoms with Crippen LogP contribution < -0.4 is 16.2 Å². The first-order valence-corrected chi connectivity index (χ1v) is 9.63. The Balaban J connectivity index is 2.57. The Morgan fingerprint density at radius 3 is 2.54 bits per heavy atom. The Morgan fingerprint density at radius 2 is 2.00 bits per heavy atom. The fourth-order valence-corrected chi connectivity index (χ4v) is 3.47. The Kier molecular flexibility index (Phi) is 7.00. The summed E-state index contributed by atoms with van der Waals surface area (Å²) < 4.78 is 40.7. The Morgan fingerprint density at radius 1 is 1.32 bits per heavy atom. The highest BCUT2D eigenvalue weighted by Crippen LogP contribution is 2.33. The normalized spacial score (nSPS) is 11.4. The van der Waals surface area contributed by atoms with Crippen molar-refractivity contribution in [2.45, 2.75) is 31.5 Å². The van der Waals surface area contributed by atoms with Gasteiger partial charge in [0.1, 0.15) is 22.2 Å². The number of amides is 1. The van der Waals surface area contributed by atoms with Crippen LogP contribution in [0.1, 0.15) is 30.0 Å². The van der Waals surface area contributed by atoms with Gasteiger partial charge in [-0.3, -0.25) is 9.59 Å². The van der Waals surface area contributed by atoms with E-state index in [9.17, 15) is 22.8 Å². The number of pyridine rings is 2. The largest absolute Gasteiger partial charge is 0.431 e. The molecule has 1 amide bonds. The molecule has 2 N–H and O–H groups in total. The van der Waals surface area contributed by atoms with Crippen LogP contribution in [0, 0.1) is 0 Å². The molecule has 2 aromatic rings. The van der Waals surface area contributed by atoms with Gasteiger partial charge in [-0.05, 0) is 30.9 Å². The molecule has 0 unspecified atom stereocenters. The Labute approximate surface area is 168 Å². The second-order valence-electron chi connectivity index (χ2n) is 5.48. The second-order valence-corrected chi connectivity index (χ2v) is 7.18. The first kappa shape index (κ1) is 22.1. The van der Waals surface area contributed by atoms with E-state index in [0.717, 1.165) is 6.07 Å². The Bertz CT molecular complexity index is 947. The molecule has 2 heterocycles. The standard InChI is InChI=1S/C17H18ClF3N4O2S/c1-4-25-11(17(19,20)21)8-9(13(22-3)16(25)27)23-15(26)14-10(28-5-2)6-7-12(18)24-14/h6-8,22H,4-5H2,1-3H3,(H,23,26). The van der Waals surface area contributed by atoms with Crippen molar-refractivity contribution in [1.82, 2.24) is 9.55 Å². The van der Waals surface area contributed by atoms with E-state index < -0.39 is 23.3 Å². The summed E-state index contributed by atoms with van der Waals surface area (Å²) in [4.78, 5) is 29.7. The van der Waals surface area contributed by atoms with Crippen molar-refractivity contribution in [3.63, 3.8) is 0 Å². The van der Waals surface area contributed by atoms with Crippen molar-refractivity contribution in [3.8, 4) is 0 Å². The van der Waals surface area contributed by atoms with Gasteiger partial charge in [0, 0.05) is 18.5 Å². The molecule has 11 heteroatoms. The highest BCUT2D eigenvalue weighted by atomic mass is 35.5. The van der Waals surface area contributed by atoms with E-state index in [1.54, 1.807) is 6.07 Å². The summed E-state index contributed by atoms with van der Waals surface area (Å²) in [6, 6.07) is 3.85. The molecule has 0 atom stereocenters. The van der Waals surface area contributed by atoms with E-state index in [1.165, 1.54) is 31.8 Å². The maximum atomic E-state index is 13.4. The molecule has 2 aromatic heterocycles. The van der Waals surface area contributed by atoms with Crippen LogP contribution in [0.15, 0.2) is 27.9 Å². The van der Waals surface area contributed by atoms with Gasteiger partial charge in [0.05, 0.1) is 5.69 Å². The van der Waals surface area contributed by atoms with E-state index in [-0.39, 0.29) is 28.8 Å². The molecular formula is C17H18ClF3N4O2S. The molecular weight excluding hydrogens is 417 g/mol. The van der Waals surface area contributed by atoms with Gasteiger partial charge in [0.2, 0.25) is 0 Å². The fraction of sp³-hybridized carbons (Fsp3) is 0.353. The van der Waals surface area contributed by atoms with E-state index in [1.807, 2.05) is 6.92 Å². The number of hydrogen-bond donors (Lipinski definition) is 2. The number of hydrogen-bond acceptors (Lipinski definition) is 5. The molecule has 2 rings (SSSR count). The Hall–Kier alpha value is -2.20. The van der Waals surface area contributed by atoms with Gasteiger partial charge in [0.15, 0.2) is 0 Å². The number of alkyl halides is 3. The number of carbonyl (C=O) groups excluding carboxylic acids is 1. The maximum absolute atomic E-state index is 13.4. The molecule has 0 bridgehead atoms. The highest BCUT2D eigenvalue weighted by Gasteiger charge is 2.36. The van der Waals surface area contributed by atoms with Crippen molar-refractivity contribution < 1.29 is 18.0 Å². The molecule has 0 saturated carbocycles. The van der Waals surface area contributed by atoms with E-state index >= 15 is 0 Å². The average molecular weight is 435 g/mol. The number of nitrogens with one attached hydrogen (secondary N) is 2. The highest BCUT2D eigenvalue weighted by molar-refractivity contribution is 7.99. The SMILES string of the molecule is CCSc1ccc(Cl)nc1C(=O)Nc1cc(C(F)(F)F)n(CC)c(=O)c1NC. The number of aromatic nitrogens is 2. The molecule has 0 aliphatic heterocycles. The summed E-state index contributed by atoms with van der Waals surface area (Å²) in [5.41, 5.74) is -2.53. The number of thioether (sulfide) groups is 1. The van der Waals surface area contributed by atoms with Crippen molar-refractivity contribution in [1.29, 1.82) is 0 Å². The summed E-state index contributed by atoms with van der Waals surface area (Å²) in [5, 5.41) is 4.98. The lowest BCUT2D eigenvalue weighted by Crippen LogP contribution is -2.31. The molecule has 0 aliphatic carbocycles. The number of anilines is 2. The number of halogens is 4. The lowest BCUT2D eigenvalue weighted by Gasteiger charge is -2.19. The quantitative estimate of drug-likeness (QED) is 0.522. The monoisotopic (exact) mass is 434 g/mol. The van der Waals surface area contributed by atoms with E-state index in [4.69, 9.17) is 11.6 Å². The van der Waals surface area contributed by atoms with Crippen molar-refractivity contribution >= 4 is 40.6 Å². The summed E-state index contributed by atoms with van der Waals surface area (Å²) in [7, 11) is 1.38. The lowest BCUT2D eigenvalue weighted by atomic mass is 10.2. The maximum Gasteiger partial charge on any atom is 0.431 e. The smallest absolute Gasteiger partial charge is 0.382 e. The summed E-state index contributed by atoms with van der Waals surface area (Å²) in [6.07, 6.45) is -4.77. The first-order chi connectivity index (χ1) is 13.1. The lowest BCUT2D eigenvalue weighted by molar-refractivity contribution is -0.144. The van der Waals surface area contributed by atoms with Crippen LogP contribution in [0.2, 0.25) is 5.15 Å². The van der Waals surface area contributed by atoms with Gasteiger partial charge in [-0.25, -0.2) is 4.98 Å². The third-order valence-electron chi connectivity index (χ3n) is 3.74. The summed E-state index contributed by atoms with van der Waals surface area (Å²) >= 11 is 7.19. The molecule has 0 spiro atoms. The molecule has 0 radical (unpaired) electrons. The minimum absolute atomic E-state index is 0.0327. The number of nitrogens with zero attached hydrogens (tertiary/aromatic N) is 2. The minimum atomic E-state index is -4.77. The molecule has 0 aliphatic rings. The van der Waals surface area contributed by atoms with Gasteiger partial charge in [-0.15, -0.1) is 11.8 Å². The number of carbonyl (C=O) groups is 1. The fourth-order valence-electron chi connectivity index (χ4n) is 2.57. The second kappa shape index (κ2) is 8.87. The average Bonchev–Trinajstić information content (AvgIpc) is 2.62. The zero-order chi connectivity index (χ0) is 21.1. The van der Waals surface area contributed by atoms with Gasteiger partial charge in [0.25, 0.3) is 11.5 Å². The van der Waals surface area contributed by atoms with Crippen LogP contribution in [-0.2, 0) is 12.7 Å². The predicted molar refractivity (Wildman–Crippen MR) is 105 cm³/mol. The van der Waals surface area contributed by atoms with Gasteiger partial charge in [-0.2, -0.15) is 13.2 Å². The van der Waals surface area contributed by atoms with Crippen LogP contribution in [0.4, 0.5) is 24.5 Å². The zero-order valence-corrected chi connectivity index (χ0v) is 16.8. The molecule has 152 valence electrons. The van der Waals surface area contributed by atoms with Crippen molar-refractivity contribution in [2.75, 3.05) is 23.4 Å². The van der Waals surface area contributed by atoms with Crippen LogP contribution >= 0.6 is 23.4 Å². The minimum Gasteiger partial charge on any atom is -0.382 e. The third-order valence-corrected chi connectivity index (χ3v) is 4.88. The third kappa shape index (κ3) is 4.61. The molecule has 0 saturated heterocycles. The topological polar surface area (TPSA) is 76.0 Å². The van der Waals surface area contributed by atoms with Crippen LogP contribution in [0.25, 0.3) is 0 Å². The van der Waals surface area contributed by atoms with Crippen LogP contribution in [0.5, 0.6) is 0 Å². The first-order valence-electron chi connectivity index (χ1n) is 8.27. The van der Waals surface area contributed by atoms with Gasteiger partial charge < -0.3 is 15.2 Å². The van der Waals surface area contributed by atoms with Crippen molar-refractivity contribution in [2.24, 2.45) is 0 Å². The predicted octanol–water partition coefficient (Wildman–Crippen LogP) is 4.34. The van der Waals surface area contributed by atoms with Gasteiger partial charge in [-0.1, -0.05) is 18.5 Å². The van der Waals surface area contributed by atoms with E-state index in [2.05, 4.69) is 15.6 Å². The van der Waals surface area contributed by atoms with Crippen molar-refractivity contribution in [3.05, 3.63) is 45.1 Å². The molecule has 0 aromatic carbocycles. The molecule has 0 fully saturated rings. The van der Waals surface area contributed by atoms with E-state index in [0.29, 0.717) is 15.2 Å². The number of rotatable bonds is 6. The molecule has 28 heavy (non-hydrogen) atoms. The summed E-state index contributed by atoms with van der Waals surface area (Å²) in [5.74, 6) is -0.118. The zero-order valence-electron chi connectivity index (χ0n) is 15.3. The van der Waals surface area contributed by atoms with Gasteiger partial charge >= 0.3 is 6.18 Å². The summed E-state index contributed by atoms with van der Waals surface area (Å²) in [6.45, 7) is 3.13. The van der Waals surface area contributed by atoms with Crippen LogP contribution in [-0.4, -0.2) is 28.3 Å². The van der Waals surface area contributed by atoms with Crippen LogP contribution in [0.3, 0.4) is 0 Å².